The molecule has 2 atom stereocenters. The van der Waals surface area contributed by atoms with E-state index in [0.717, 1.165) is 0 Å². The summed E-state index contributed by atoms with van der Waals surface area (Å²) in [5.41, 5.74) is -0.164. The highest BCUT2D eigenvalue weighted by Gasteiger charge is 2.54. The second-order valence-electron chi connectivity index (χ2n) is 5.86. The van der Waals surface area contributed by atoms with Gasteiger partial charge in [-0.25, -0.2) is 12.7 Å². The summed E-state index contributed by atoms with van der Waals surface area (Å²) in [6.45, 7) is -1.75. The van der Waals surface area contributed by atoms with Crippen LogP contribution in [0.15, 0.2) is 24.3 Å². The maximum absolute atomic E-state index is 13.0. The number of halogens is 3. The van der Waals surface area contributed by atoms with Gasteiger partial charge < -0.3 is 5.11 Å². The molecule has 0 amide bonds. The van der Waals surface area contributed by atoms with Crippen LogP contribution in [-0.4, -0.2) is 53.7 Å². The minimum atomic E-state index is -4.84. The van der Waals surface area contributed by atoms with Crippen LogP contribution in [0.25, 0.3) is 0 Å². The number of sulfonamides is 1. The molecule has 144 valence electrons. The fourth-order valence-corrected chi connectivity index (χ4v) is 4.36. The number of hydrogen-bond acceptors (Lipinski definition) is 5. The van der Waals surface area contributed by atoms with Crippen LogP contribution in [-0.2, 0) is 21.2 Å². The number of benzene rings is 1. The van der Waals surface area contributed by atoms with Crippen molar-refractivity contribution >= 4 is 21.7 Å². The minimum absolute atomic E-state index is 0.127. The molecule has 1 fully saturated rings. The van der Waals surface area contributed by atoms with Crippen LogP contribution in [0, 0.1) is 22.0 Å². The summed E-state index contributed by atoms with van der Waals surface area (Å²) in [5, 5.41) is 19.9. The van der Waals surface area contributed by atoms with Crippen molar-refractivity contribution in [1.82, 2.24) is 4.31 Å². The Labute approximate surface area is 146 Å². The van der Waals surface area contributed by atoms with Crippen LogP contribution in [0.3, 0.4) is 0 Å². The zero-order chi connectivity index (χ0) is 19.7. The average Bonchev–Trinajstić information content (AvgIpc) is 3.00. The number of aliphatic carboxylic acids is 1. The number of carboxylic acid groups (broad SMARTS) is 1. The fraction of sp³-hybridized carbons (Fsp3) is 0.500. The molecule has 0 saturated carbocycles. The molecule has 1 aliphatic heterocycles. The number of carbonyl (C=O) groups is 1. The predicted octanol–water partition coefficient (Wildman–Crippen LogP) is 1.66. The molecule has 0 bridgehead atoms. The Morgan fingerprint density at radius 1 is 1.31 bits per heavy atom. The first-order chi connectivity index (χ1) is 11.9. The number of rotatable bonds is 6. The van der Waals surface area contributed by atoms with Crippen molar-refractivity contribution in [3.8, 4) is 0 Å². The summed E-state index contributed by atoms with van der Waals surface area (Å²) in [5.74, 6) is -6.55. The maximum atomic E-state index is 13.0. The Bertz CT molecular complexity index is 811. The zero-order valence-corrected chi connectivity index (χ0v) is 14.0. The maximum Gasteiger partial charge on any atom is 0.393 e. The van der Waals surface area contributed by atoms with E-state index >= 15 is 0 Å². The Hall–Kier alpha value is -2.21. The van der Waals surface area contributed by atoms with Gasteiger partial charge in [-0.15, -0.1) is 0 Å². The van der Waals surface area contributed by atoms with Crippen LogP contribution >= 0.6 is 0 Å². The molecule has 1 aromatic carbocycles. The Balaban J connectivity index is 2.16. The predicted molar refractivity (Wildman–Crippen MR) is 82.8 cm³/mol. The summed E-state index contributed by atoms with van der Waals surface area (Å²) in [4.78, 5) is 21.3. The van der Waals surface area contributed by atoms with Gasteiger partial charge >= 0.3 is 12.1 Å². The van der Waals surface area contributed by atoms with Crippen molar-refractivity contribution < 1.29 is 36.4 Å². The Morgan fingerprint density at radius 3 is 2.42 bits per heavy atom. The highest BCUT2D eigenvalue weighted by atomic mass is 32.2. The summed E-state index contributed by atoms with van der Waals surface area (Å²) >= 11 is 0. The van der Waals surface area contributed by atoms with Crippen LogP contribution in [0.1, 0.15) is 5.56 Å². The molecule has 8 nitrogen and oxygen atoms in total. The topological polar surface area (TPSA) is 118 Å². The number of hydrogen-bond donors (Lipinski definition) is 1. The summed E-state index contributed by atoms with van der Waals surface area (Å²) in [6, 6.07) is 5.43. The molecule has 1 aromatic rings. The van der Waals surface area contributed by atoms with Gasteiger partial charge in [0.15, 0.2) is 0 Å². The summed E-state index contributed by atoms with van der Waals surface area (Å²) in [7, 11) is -4.21. The molecule has 1 aliphatic rings. The van der Waals surface area contributed by atoms with Crippen LogP contribution in [0.4, 0.5) is 18.9 Å². The van der Waals surface area contributed by atoms with Gasteiger partial charge in [0.2, 0.25) is 10.0 Å². The molecule has 1 saturated heterocycles. The quantitative estimate of drug-likeness (QED) is 0.577. The highest BCUT2D eigenvalue weighted by Crippen LogP contribution is 2.38. The van der Waals surface area contributed by atoms with E-state index in [2.05, 4.69) is 0 Å². The third-order valence-corrected chi connectivity index (χ3v) is 6.04. The minimum Gasteiger partial charge on any atom is -0.481 e. The van der Waals surface area contributed by atoms with Gasteiger partial charge in [-0.2, -0.15) is 13.2 Å². The molecule has 1 heterocycles. The number of aryl methyl sites for hydroxylation is 1. The van der Waals surface area contributed by atoms with E-state index in [0.29, 0.717) is 4.31 Å². The second-order valence-corrected chi connectivity index (χ2v) is 7.95. The molecule has 0 aliphatic carbocycles. The molecule has 1 N–H and O–H groups in total. The van der Waals surface area contributed by atoms with Crippen LogP contribution in [0.5, 0.6) is 0 Å². The Kier molecular flexibility index (Phi) is 5.56. The first-order valence-corrected chi connectivity index (χ1v) is 9.04. The first kappa shape index (κ1) is 20.1. The summed E-state index contributed by atoms with van der Waals surface area (Å²) < 4.78 is 64.0. The highest BCUT2D eigenvalue weighted by molar-refractivity contribution is 7.89. The monoisotopic (exact) mass is 396 g/mol. The smallest absolute Gasteiger partial charge is 0.393 e. The number of alkyl halides is 3. The lowest BCUT2D eigenvalue weighted by atomic mass is 9.96. The van der Waals surface area contributed by atoms with Gasteiger partial charge in [-0.3, -0.25) is 14.9 Å². The van der Waals surface area contributed by atoms with Gasteiger partial charge in [0, 0.05) is 24.7 Å². The largest absolute Gasteiger partial charge is 0.481 e. The molecule has 0 aromatic heterocycles. The van der Waals surface area contributed by atoms with Crippen molar-refractivity contribution in [2.45, 2.75) is 12.6 Å². The number of nitro benzene ring substituents is 1. The SMILES string of the molecule is O=C(O)[C@@H]1CN(S(=O)(=O)CCc2ccccc2[N+](=O)[O-])C[C@H]1C(F)(F)F. The fourth-order valence-electron chi connectivity index (χ4n) is 2.85. The van der Waals surface area contributed by atoms with E-state index in [-0.39, 0.29) is 17.7 Å². The summed E-state index contributed by atoms with van der Waals surface area (Å²) in [6.07, 6.45) is -5.12. The van der Waals surface area contributed by atoms with Crippen molar-refractivity contribution in [1.29, 1.82) is 0 Å². The molecular weight excluding hydrogens is 381 g/mol. The number of nitro groups is 1. The van der Waals surface area contributed by atoms with Crippen LogP contribution in [0.2, 0.25) is 0 Å². The molecule has 26 heavy (non-hydrogen) atoms. The molecule has 0 spiro atoms. The molecule has 2 rings (SSSR count). The van der Waals surface area contributed by atoms with E-state index in [1.54, 1.807) is 0 Å². The van der Waals surface area contributed by atoms with Gasteiger partial charge in [-0.05, 0) is 6.42 Å². The van der Waals surface area contributed by atoms with Crippen molar-refractivity contribution in [3.05, 3.63) is 39.9 Å². The lowest BCUT2D eigenvalue weighted by Gasteiger charge is -2.18. The van der Waals surface area contributed by atoms with E-state index in [1.165, 1.54) is 24.3 Å². The lowest BCUT2D eigenvalue weighted by molar-refractivity contribution is -0.385. The van der Waals surface area contributed by atoms with E-state index in [4.69, 9.17) is 5.11 Å². The van der Waals surface area contributed by atoms with E-state index in [1.807, 2.05) is 0 Å². The zero-order valence-electron chi connectivity index (χ0n) is 13.2. The van der Waals surface area contributed by atoms with Gasteiger partial charge in [0.25, 0.3) is 5.69 Å². The Morgan fingerprint density at radius 2 is 1.92 bits per heavy atom. The number of carboxylic acids is 1. The number of para-hydroxylation sites is 1. The van der Waals surface area contributed by atoms with Crippen molar-refractivity contribution in [3.63, 3.8) is 0 Å². The average molecular weight is 396 g/mol. The standard InChI is InChI=1S/C14H15F3N2O6S/c15-14(16,17)11-8-18(7-10(11)13(20)21)26(24,25)6-5-9-3-1-2-4-12(9)19(22)23/h1-4,10-11H,5-8H2,(H,20,21)/t10-,11-/m1/s1. The van der Waals surface area contributed by atoms with Gasteiger partial charge in [0.1, 0.15) is 0 Å². The third-order valence-electron chi connectivity index (χ3n) is 4.24. The second kappa shape index (κ2) is 7.19. The first-order valence-electron chi connectivity index (χ1n) is 7.43. The van der Waals surface area contributed by atoms with Gasteiger partial charge in [0.05, 0.1) is 22.5 Å². The number of nitrogens with zero attached hydrogens (tertiary/aromatic N) is 2. The van der Waals surface area contributed by atoms with E-state index < -0.39 is 57.8 Å². The third kappa shape index (κ3) is 4.30. The molecule has 0 unspecified atom stereocenters. The van der Waals surface area contributed by atoms with Crippen molar-refractivity contribution in [2.75, 3.05) is 18.8 Å². The molecular formula is C14H15F3N2O6S. The molecule has 12 heteroatoms. The molecule has 0 radical (unpaired) electrons. The van der Waals surface area contributed by atoms with Gasteiger partial charge in [-0.1, -0.05) is 18.2 Å². The van der Waals surface area contributed by atoms with E-state index in [9.17, 15) is 36.5 Å². The van der Waals surface area contributed by atoms with Crippen molar-refractivity contribution in [2.24, 2.45) is 11.8 Å². The lowest BCUT2D eigenvalue weighted by Crippen LogP contribution is -2.34. The normalized spacial score (nSPS) is 21.7. The van der Waals surface area contributed by atoms with Crippen LogP contribution < -0.4 is 0 Å².